The van der Waals surface area contributed by atoms with Crippen molar-refractivity contribution in [3.8, 4) is 5.75 Å². The zero-order chi connectivity index (χ0) is 22.0. The number of thiocarbonyl (C=S) groups is 1. The number of carboxylic acid groups (broad SMARTS) is 1. The normalized spacial score (nSPS) is 16.1. The molecule has 0 unspecified atom stereocenters. The van der Waals surface area contributed by atoms with E-state index in [2.05, 4.69) is 5.32 Å². The van der Waals surface area contributed by atoms with Gasteiger partial charge in [0.05, 0.1) is 16.2 Å². The van der Waals surface area contributed by atoms with Crippen LogP contribution in [-0.2, 0) is 9.59 Å². The summed E-state index contributed by atoms with van der Waals surface area (Å²) in [5, 5.41) is 21.2. The number of thioether (sulfide) groups is 1. The van der Waals surface area contributed by atoms with Crippen LogP contribution in [0.1, 0.15) is 22.8 Å². The number of anilines is 1. The van der Waals surface area contributed by atoms with E-state index in [9.17, 15) is 29.0 Å². The molecule has 3 rings (SSSR count). The SMILES string of the molecule is C[C@@H](C(=O)Nc1ccc(O)cc1C(=O)O)N1C(=O)/C(=C\c2ccc(F)cc2)SC1=S. The lowest BCUT2D eigenvalue weighted by Gasteiger charge is -2.22. The second-order valence-corrected chi connectivity index (χ2v) is 7.98. The van der Waals surface area contributed by atoms with Gasteiger partial charge in [0.1, 0.15) is 21.9 Å². The molecule has 7 nitrogen and oxygen atoms in total. The minimum absolute atomic E-state index is 0.0237. The second kappa shape index (κ2) is 8.64. The molecule has 1 atom stereocenters. The molecule has 1 fully saturated rings. The van der Waals surface area contributed by atoms with Crippen LogP contribution in [0.15, 0.2) is 47.4 Å². The third-order valence-corrected chi connectivity index (χ3v) is 5.58. The molecule has 30 heavy (non-hydrogen) atoms. The Hall–Kier alpha value is -3.24. The van der Waals surface area contributed by atoms with Gasteiger partial charge in [0.2, 0.25) is 5.91 Å². The smallest absolute Gasteiger partial charge is 0.337 e. The van der Waals surface area contributed by atoms with Crippen molar-refractivity contribution in [3.05, 3.63) is 64.3 Å². The van der Waals surface area contributed by atoms with Gasteiger partial charge in [-0.2, -0.15) is 0 Å². The van der Waals surface area contributed by atoms with E-state index < -0.39 is 29.6 Å². The quantitative estimate of drug-likeness (QED) is 0.367. The molecule has 1 aliphatic rings. The number of nitrogens with one attached hydrogen (secondary N) is 1. The van der Waals surface area contributed by atoms with Crippen LogP contribution in [0.5, 0.6) is 5.75 Å². The molecule has 0 aliphatic carbocycles. The van der Waals surface area contributed by atoms with E-state index in [1.165, 1.54) is 43.3 Å². The number of amides is 2. The number of phenolic OH excluding ortho intramolecular Hbond substituents is 1. The van der Waals surface area contributed by atoms with Crippen molar-refractivity contribution >= 4 is 57.8 Å². The molecule has 0 saturated carbocycles. The standard InChI is InChI=1S/C20H15FN2O5S2/c1-10(17(25)22-15-7-6-13(24)9-14(15)19(27)28)23-18(26)16(30-20(23)29)8-11-2-4-12(21)5-3-11/h2-10,24H,1H3,(H,22,25)(H,27,28)/b16-8+/t10-/m0/s1. The van der Waals surface area contributed by atoms with Crippen molar-refractivity contribution in [2.24, 2.45) is 0 Å². The monoisotopic (exact) mass is 446 g/mol. The average Bonchev–Trinajstić information content (AvgIpc) is 2.97. The Labute approximate surface area is 180 Å². The van der Waals surface area contributed by atoms with Gasteiger partial charge in [-0.3, -0.25) is 14.5 Å². The van der Waals surface area contributed by atoms with Gasteiger partial charge in [-0.1, -0.05) is 36.1 Å². The van der Waals surface area contributed by atoms with Crippen molar-refractivity contribution in [2.45, 2.75) is 13.0 Å². The number of carbonyl (C=O) groups excluding carboxylic acids is 2. The molecule has 10 heteroatoms. The number of carboxylic acids is 1. The Morgan fingerprint density at radius 2 is 1.90 bits per heavy atom. The number of benzene rings is 2. The van der Waals surface area contributed by atoms with Crippen LogP contribution in [0.3, 0.4) is 0 Å². The highest BCUT2D eigenvalue weighted by Crippen LogP contribution is 2.34. The van der Waals surface area contributed by atoms with E-state index >= 15 is 0 Å². The first kappa shape index (κ1) is 21.5. The van der Waals surface area contributed by atoms with Crippen molar-refractivity contribution < 1.29 is 29.0 Å². The highest BCUT2D eigenvalue weighted by molar-refractivity contribution is 8.26. The summed E-state index contributed by atoms with van der Waals surface area (Å²) in [7, 11) is 0. The van der Waals surface area contributed by atoms with Crippen LogP contribution in [0.25, 0.3) is 6.08 Å². The number of phenols is 1. The Bertz CT molecular complexity index is 1090. The first-order valence-corrected chi connectivity index (χ1v) is 9.79. The largest absolute Gasteiger partial charge is 0.508 e. The van der Waals surface area contributed by atoms with Gasteiger partial charge in [-0.15, -0.1) is 0 Å². The molecule has 1 saturated heterocycles. The number of hydrogen-bond acceptors (Lipinski definition) is 6. The topological polar surface area (TPSA) is 107 Å². The molecular weight excluding hydrogens is 431 g/mol. The number of aromatic hydroxyl groups is 1. The van der Waals surface area contributed by atoms with E-state index in [-0.39, 0.29) is 26.2 Å². The number of nitrogens with zero attached hydrogens (tertiary/aromatic N) is 1. The summed E-state index contributed by atoms with van der Waals surface area (Å²) in [4.78, 5) is 38.2. The maximum Gasteiger partial charge on any atom is 0.337 e. The van der Waals surface area contributed by atoms with Gasteiger partial charge < -0.3 is 15.5 Å². The van der Waals surface area contributed by atoms with E-state index in [0.717, 1.165) is 22.7 Å². The van der Waals surface area contributed by atoms with Crippen LogP contribution < -0.4 is 5.32 Å². The third-order valence-electron chi connectivity index (χ3n) is 4.25. The summed E-state index contributed by atoms with van der Waals surface area (Å²) < 4.78 is 13.2. The van der Waals surface area contributed by atoms with Crippen LogP contribution in [0.2, 0.25) is 0 Å². The third kappa shape index (κ3) is 4.50. The lowest BCUT2D eigenvalue weighted by Crippen LogP contribution is -2.44. The van der Waals surface area contributed by atoms with Gasteiger partial charge in [-0.05, 0) is 48.9 Å². The van der Waals surface area contributed by atoms with E-state index in [1.807, 2.05) is 0 Å². The van der Waals surface area contributed by atoms with Crippen molar-refractivity contribution in [1.82, 2.24) is 4.90 Å². The molecule has 154 valence electrons. The van der Waals surface area contributed by atoms with Gasteiger partial charge in [0, 0.05) is 0 Å². The first-order chi connectivity index (χ1) is 14.2. The summed E-state index contributed by atoms with van der Waals surface area (Å²) in [6.07, 6.45) is 1.55. The highest BCUT2D eigenvalue weighted by atomic mass is 32.2. The lowest BCUT2D eigenvalue weighted by molar-refractivity contribution is -0.129. The van der Waals surface area contributed by atoms with Gasteiger partial charge in [-0.25, -0.2) is 9.18 Å². The van der Waals surface area contributed by atoms with Gasteiger partial charge >= 0.3 is 5.97 Å². The zero-order valence-corrected chi connectivity index (χ0v) is 17.1. The fourth-order valence-corrected chi connectivity index (χ4v) is 4.12. The van der Waals surface area contributed by atoms with Crippen molar-refractivity contribution in [1.29, 1.82) is 0 Å². The molecule has 2 amide bonds. The molecule has 1 heterocycles. The summed E-state index contributed by atoms with van der Waals surface area (Å²) >= 11 is 6.25. The minimum Gasteiger partial charge on any atom is -0.508 e. The molecule has 2 aromatic rings. The van der Waals surface area contributed by atoms with E-state index in [1.54, 1.807) is 6.08 Å². The molecule has 0 aromatic heterocycles. The summed E-state index contributed by atoms with van der Waals surface area (Å²) in [5.74, 6) is -3.13. The molecule has 2 aromatic carbocycles. The maximum atomic E-state index is 13.1. The predicted molar refractivity (Wildman–Crippen MR) is 115 cm³/mol. The number of rotatable bonds is 5. The Kier molecular flexibility index (Phi) is 6.18. The maximum absolute atomic E-state index is 13.1. The average molecular weight is 446 g/mol. The van der Waals surface area contributed by atoms with Crippen LogP contribution >= 0.6 is 24.0 Å². The summed E-state index contributed by atoms with van der Waals surface area (Å²) in [6, 6.07) is 8.02. The Balaban J connectivity index is 1.79. The van der Waals surface area contributed by atoms with Crippen LogP contribution in [-0.4, -0.2) is 43.3 Å². The van der Waals surface area contributed by atoms with E-state index in [0.29, 0.717) is 5.56 Å². The molecule has 1 aliphatic heterocycles. The molecular formula is C20H15FN2O5S2. The summed E-state index contributed by atoms with van der Waals surface area (Å²) in [6.45, 7) is 1.46. The number of hydrogen-bond donors (Lipinski definition) is 3. The number of halogens is 1. The number of carbonyl (C=O) groups is 3. The van der Waals surface area contributed by atoms with Crippen LogP contribution in [0, 0.1) is 5.82 Å². The minimum atomic E-state index is -1.33. The second-order valence-electron chi connectivity index (χ2n) is 6.30. The lowest BCUT2D eigenvalue weighted by atomic mass is 10.1. The van der Waals surface area contributed by atoms with Crippen LogP contribution in [0.4, 0.5) is 10.1 Å². The predicted octanol–water partition coefficient (Wildman–Crippen LogP) is 3.46. The summed E-state index contributed by atoms with van der Waals surface area (Å²) in [5.41, 5.74) is 0.283. The Morgan fingerprint density at radius 3 is 2.53 bits per heavy atom. The highest BCUT2D eigenvalue weighted by Gasteiger charge is 2.38. The molecule has 3 N–H and O–H groups in total. The van der Waals surface area contributed by atoms with E-state index in [4.69, 9.17) is 12.2 Å². The molecule has 0 bridgehead atoms. The fourth-order valence-electron chi connectivity index (χ4n) is 2.70. The zero-order valence-electron chi connectivity index (χ0n) is 15.5. The number of aromatic carboxylic acids is 1. The van der Waals surface area contributed by atoms with Gasteiger partial charge in [0.15, 0.2) is 0 Å². The molecule has 0 spiro atoms. The van der Waals surface area contributed by atoms with Gasteiger partial charge in [0.25, 0.3) is 5.91 Å². The first-order valence-electron chi connectivity index (χ1n) is 8.57. The molecule has 0 radical (unpaired) electrons. The fraction of sp³-hybridized carbons (Fsp3) is 0.100. The Morgan fingerprint density at radius 1 is 1.23 bits per heavy atom. The van der Waals surface area contributed by atoms with Crippen molar-refractivity contribution in [3.63, 3.8) is 0 Å². The van der Waals surface area contributed by atoms with Crippen molar-refractivity contribution in [2.75, 3.05) is 5.32 Å².